The second kappa shape index (κ2) is 6.32. The lowest BCUT2D eigenvalue weighted by atomic mass is 10.00. The van der Waals surface area contributed by atoms with Crippen molar-refractivity contribution in [2.24, 2.45) is 5.73 Å². The van der Waals surface area contributed by atoms with Gasteiger partial charge in [-0.05, 0) is 6.42 Å². The van der Waals surface area contributed by atoms with E-state index in [0.717, 1.165) is 0 Å². The Labute approximate surface area is 99.2 Å². The van der Waals surface area contributed by atoms with E-state index in [4.69, 9.17) is 15.6 Å². The van der Waals surface area contributed by atoms with Gasteiger partial charge in [0, 0.05) is 30.7 Å². The summed E-state index contributed by atoms with van der Waals surface area (Å²) >= 11 is 0. The summed E-state index contributed by atoms with van der Waals surface area (Å²) in [5.74, 6) is -1.35. The van der Waals surface area contributed by atoms with Gasteiger partial charge in [-0.15, -0.1) is 0 Å². The molecule has 94 valence electrons. The van der Waals surface area contributed by atoms with Crippen LogP contribution in [-0.4, -0.2) is 18.2 Å². The molecule has 0 aromatic heterocycles. The minimum absolute atomic E-state index is 0.0743. The Hall–Kier alpha value is -1.46. The van der Waals surface area contributed by atoms with Gasteiger partial charge in [-0.1, -0.05) is 18.2 Å². The third kappa shape index (κ3) is 3.80. The van der Waals surface area contributed by atoms with E-state index in [1.807, 2.05) is 0 Å². The van der Waals surface area contributed by atoms with E-state index < -0.39 is 17.8 Å². The first kappa shape index (κ1) is 13.6. The number of halogens is 1. The predicted octanol–water partition coefficient (Wildman–Crippen LogP) is 1.84. The molecular formula is C12H16FNO3. The molecular weight excluding hydrogens is 225 g/mol. The molecule has 0 aliphatic heterocycles. The molecule has 0 aliphatic carbocycles. The highest BCUT2D eigenvalue weighted by atomic mass is 19.1. The quantitative estimate of drug-likeness (QED) is 0.797. The molecule has 17 heavy (non-hydrogen) atoms. The zero-order valence-corrected chi connectivity index (χ0v) is 9.65. The van der Waals surface area contributed by atoms with E-state index in [-0.39, 0.29) is 19.4 Å². The minimum Gasteiger partial charge on any atom is -0.481 e. The van der Waals surface area contributed by atoms with Crippen molar-refractivity contribution in [1.82, 2.24) is 0 Å². The average Bonchev–Trinajstić information content (AvgIpc) is 2.29. The number of carboxylic acid groups (broad SMARTS) is 1. The number of carbonyl (C=O) groups is 1. The molecule has 0 saturated heterocycles. The van der Waals surface area contributed by atoms with E-state index in [0.29, 0.717) is 11.1 Å². The predicted molar refractivity (Wildman–Crippen MR) is 60.9 cm³/mol. The van der Waals surface area contributed by atoms with Crippen LogP contribution in [0.15, 0.2) is 18.2 Å². The van der Waals surface area contributed by atoms with Crippen LogP contribution in [0.2, 0.25) is 0 Å². The molecule has 1 atom stereocenters. The van der Waals surface area contributed by atoms with Crippen molar-refractivity contribution in [3.8, 4) is 0 Å². The second-order valence-corrected chi connectivity index (χ2v) is 3.79. The van der Waals surface area contributed by atoms with Crippen molar-refractivity contribution in [3.05, 3.63) is 35.1 Å². The Kier molecular flexibility index (Phi) is 5.06. The molecule has 0 spiro atoms. The minimum atomic E-state index is -0.936. The number of nitrogens with two attached hydrogens (primary N) is 1. The maximum Gasteiger partial charge on any atom is 0.303 e. The Morgan fingerprint density at radius 2 is 2.29 bits per heavy atom. The molecule has 0 saturated carbocycles. The van der Waals surface area contributed by atoms with Crippen molar-refractivity contribution < 1.29 is 19.0 Å². The first-order valence-corrected chi connectivity index (χ1v) is 5.30. The Bertz CT molecular complexity index is 395. The van der Waals surface area contributed by atoms with Gasteiger partial charge in [0.25, 0.3) is 0 Å². The summed E-state index contributed by atoms with van der Waals surface area (Å²) in [6.07, 6.45) is 0.137. The summed E-state index contributed by atoms with van der Waals surface area (Å²) in [5, 5.41) is 8.55. The first-order chi connectivity index (χ1) is 8.06. The van der Waals surface area contributed by atoms with Gasteiger partial charge in [0.15, 0.2) is 0 Å². The van der Waals surface area contributed by atoms with Gasteiger partial charge < -0.3 is 15.6 Å². The van der Waals surface area contributed by atoms with Crippen LogP contribution in [0.1, 0.15) is 30.0 Å². The third-order valence-corrected chi connectivity index (χ3v) is 2.48. The van der Waals surface area contributed by atoms with Crippen LogP contribution < -0.4 is 5.73 Å². The summed E-state index contributed by atoms with van der Waals surface area (Å²) in [6, 6.07) is 4.27. The molecule has 0 heterocycles. The zero-order valence-electron chi connectivity index (χ0n) is 9.65. The molecule has 0 fully saturated rings. The van der Waals surface area contributed by atoms with Crippen LogP contribution in [-0.2, 0) is 16.1 Å². The summed E-state index contributed by atoms with van der Waals surface area (Å²) in [5.41, 5.74) is 6.53. The number of methoxy groups -OCH3 is 1. The fourth-order valence-corrected chi connectivity index (χ4v) is 1.59. The highest BCUT2D eigenvalue weighted by Crippen LogP contribution is 2.22. The van der Waals surface area contributed by atoms with Crippen LogP contribution in [0.25, 0.3) is 0 Å². The van der Waals surface area contributed by atoms with Gasteiger partial charge in [-0.25, -0.2) is 4.39 Å². The van der Waals surface area contributed by atoms with E-state index in [1.54, 1.807) is 18.2 Å². The molecule has 1 unspecified atom stereocenters. The van der Waals surface area contributed by atoms with Crippen LogP contribution in [0.4, 0.5) is 4.39 Å². The largest absolute Gasteiger partial charge is 0.481 e. The van der Waals surface area contributed by atoms with Crippen molar-refractivity contribution in [1.29, 1.82) is 0 Å². The monoisotopic (exact) mass is 241 g/mol. The molecule has 5 heteroatoms. The maximum atomic E-state index is 13.9. The molecule has 1 aromatic carbocycles. The fourth-order valence-electron chi connectivity index (χ4n) is 1.59. The Morgan fingerprint density at radius 1 is 1.59 bits per heavy atom. The van der Waals surface area contributed by atoms with Crippen LogP contribution in [0.5, 0.6) is 0 Å². The molecule has 0 aliphatic rings. The summed E-state index contributed by atoms with van der Waals surface area (Å²) in [4.78, 5) is 10.4. The topological polar surface area (TPSA) is 72.5 Å². The second-order valence-electron chi connectivity index (χ2n) is 3.79. The number of benzene rings is 1. The molecule has 0 radical (unpaired) electrons. The number of rotatable bonds is 6. The molecule has 0 bridgehead atoms. The number of hydrogen-bond acceptors (Lipinski definition) is 3. The molecule has 1 rings (SSSR count). The fraction of sp³-hybridized carbons (Fsp3) is 0.417. The molecule has 0 amide bonds. The van der Waals surface area contributed by atoms with Crippen molar-refractivity contribution >= 4 is 5.97 Å². The summed E-state index contributed by atoms with van der Waals surface area (Å²) in [7, 11) is 1.48. The van der Waals surface area contributed by atoms with Crippen molar-refractivity contribution in [2.45, 2.75) is 25.5 Å². The SMILES string of the molecule is COCc1cccc(C(N)CCC(=O)O)c1F. The highest BCUT2D eigenvalue weighted by Gasteiger charge is 2.15. The van der Waals surface area contributed by atoms with E-state index in [1.165, 1.54) is 7.11 Å². The Morgan fingerprint density at radius 3 is 2.88 bits per heavy atom. The standard InChI is InChI=1S/C12H16FNO3/c1-17-7-8-3-2-4-9(12(8)13)10(14)5-6-11(15)16/h2-4,10H,5-7,14H2,1H3,(H,15,16). The summed E-state index contributed by atoms with van der Waals surface area (Å²) < 4.78 is 18.8. The average molecular weight is 241 g/mol. The van der Waals surface area contributed by atoms with Gasteiger partial charge in [-0.2, -0.15) is 0 Å². The van der Waals surface area contributed by atoms with Crippen LogP contribution in [0, 0.1) is 5.82 Å². The lowest BCUT2D eigenvalue weighted by Crippen LogP contribution is -2.15. The number of carboxylic acids is 1. The molecule has 3 N–H and O–H groups in total. The third-order valence-electron chi connectivity index (χ3n) is 2.48. The zero-order chi connectivity index (χ0) is 12.8. The lowest BCUT2D eigenvalue weighted by molar-refractivity contribution is -0.137. The van der Waals surface area contributed by atoms with Gasteiger partial charge in [0.1, 0.15) is 5.82 Å². The van der Waals surface area contributed by atoms with E-state index >= 15 is 0 Å². The summed E-state index contributed by atoms with van der Waals surface area (Å²) in [6.45, 7) is 0.172. The highest BCUT2D eigenvalue weighted by molar-refractivity contribution is 5.66. The molecule has 4 nitrogen and oxygen atoms in total. The van der Waals surface area contributed by atoms with Gasteiger partial charge >= 0.3 is 5.97 Å². The van der Waals surface area contributed by atoms with Gasteiger partial charge in [0.2, 0.25) is 0 Å². The van der Waals surface area contributed by atoms with E-state index in [2.05, 4.69) is 0 Å². The first-order valence-electron chi connectivity index (χ1n) is 5.30. The van der Waals surface area contributed by atoms with Crippen LogP contribution in [0.3, 0.4) is 0 Å². The number of hydrogen-bond donors (Lipinski definition) is 2. The van der Waals surface area contributed by atoms with Gasteiger partial charge in [0.05, 0.1) is 6.61 Å². The molecule has 1 aromatic rings. The normalized spacial score (nSPS) is 12.4. The maximum absolute atomic E-state index is 13.9. The van der Waals surface area contributed by atoms with Crippen molar-refractivity contribution in [3.63, 3.8) is 0 Å². The Balaban J connectivity index is 2.82. The number of aliphatic carboxylic acids is 1. The number of ether oxygens (including phenoxy) is 1. The van der Waals surface area contributed by atoms with Crippen LogP contribution >= 0.6 is 0 Å². The lowest BCUT2D eigenvalue weighted by Gasteiger charge is -2.13. The van der Waals surface area contributed by atoms with Gasteiger partial charge in [-0.3, -0.25) is 4.79 Å². The van der Waals surface area contributed by atoms with Crippen molar-refractivity contribution in [2.75, 3.05) is 7.11 Å². The van der Waals surface area contributed by atoms with E-state index in [9.17, 15) is 9.18 Å². The smallest absolute Gasteiger partial charge is 0.303 e.